The quantitative estimate of drug-likeness (QED) is 0.780. The second kappa shape index (κ2) is 7.06. The average molecular weight is 347 g/mol. The molecule has 1 aliphatic carbocycles. The van der Waals surface area contributed by atoms with Crippen molar-refractivity contribution in [2.24, 2.45) is 5.92 Å². The third-order valence-electron chi connectivity index (χ3n) is 6.18. The minimum atomic E-state index is -0.295. The molecule has 2 unspecified atom stereocenters. The summed E-state index contributed by atoms with van der Waals surface area (Å²) in [7, 11) is 0. The fourth-order valence-corrected chi connectivity index (χ4v) is 4.83. The van der Waals surface area contributed by atoms with E-state index in [1.165, 1.54) is 4.90 Å². The van der Waals surface area contributed by atoms with Gasteiger partial charge in [0.05, 0.1) is 0 Å². The zero-order valence-corrected chi connectivity index (χ0v) is 15.1. The summed E-state index contributed by atoms with van der Waals surface area (Å²) in [6.45, 7) is 0.489. The summed E-state index contributed by atoms with van der Waals surface area (Å²) in [6.07, 6.45) is 5.18. The molecule has 2 aliphatic rings. The highest BCUT2D eigenvalue weighted by atomic mass is 16.2. The fourth-order valence-electron chi connectivity index (χ4n) is 4.83. The molecule has 1 saturated heterocycles. The van der Waals surface area contributed by atoms with Crippen LogP contribution in [0.1, 0.15) is 43.2 Å². The number of hydrogen-bond donors (Lipinski definition) is 0. The van der Waals surface area contributed by atoms with Crippen LogP contribution in [0, 0.1) is 5.92 Å². The Labute approximate surface area is 155 Å². The van der Waals surface area contributed by atoms with Gasteiger partial charge in [0.1, 0.15) is 0 Å². The molecule has 2 amide bonds. The molecule has 26 heavy (non-hydrogen) atoms. The van der Waals surface area contributed by atoms with Crippen molar-refractivity contribution in [2.45, 2.75) is 43.9 Å². The van der Waals surface area contributed by atoms with Crippen LogP contribution in [0.4, 0.5) is 0 Å². The molecule has 4 rings (SSSR count). The van der Waals surface area contributed by atoms with Gasteiger partial charge in [-0.05, 0) is 30.4 Å². The number of carbonyl (C=O) groups is 2. The van der Waals surface area contributed by atoms with E-state index in [1.807, 2.05) is 48.5 Å². The number of amides is 2. The molecule has 2 atom stereocenters. The Morgan fingerprint density at radius 3 is 2.35 bits per heavy atom. The molecule has 1 saturated carbocycles. The van der Waals surface area contributed by atoms with Gasteiger partial charge < -0.3 is 0 Å². The molecule has 0 bridgehead atoms. The lowest BCUT2D eigenvalue weighted by atomic mass is 9.58. The first kappa shape index (κ1) is 17.0. The molecule has 1 heterocycles. The molecule has 0 aromatic heterocycles. The number of fused-ring (bicyclic) bond motifs is 1. The normalized spacial score (nSPS) is 25.8. The van der Waals surface area contributed by atoms with Crippen molar-refractivity contribution in [3.63, 3.8) is 0 Å². The Morgan fingerprint density at radius 1 is 0.923 bits per heavy atom. The van der Waals surface area contributed by atoms with Crippen molar-refractivity contribution in [3.05, 3.63) is 71.8 Å². The van der Waals surface area contributed by atoms with Crippen LogP contribution in [0.3, 0.4) is 0 Å². The molecule has 1 aliphatic heterocycles. The smallest absolute Gasteiger partial charge is 0.233 e. The fraction of sp³-hybridized carbons (Fsp3) is 0.391. The second-order valence-corrected chi connectivity index (χ2v) is 7.62. The number of likely N-dealkylation sites (tertiary alicyclic amines) is 1. The van der Waals surface area contributed by atoms with Crippen LogP contribution < -0.4 is 0 Å². The lowest BCUT2D eigenvalue weighted by molar-refractivity contribution is -0.157. The summed E-state index contributed by atoms with van der Waals surface area (Å²) < 4.78 is 0. The summed E-state index contributed by atoms with van der Waals surface area (Å²) >= 11 is 0. The summed E-state index contributed by atoms with van der Waals surface area (Å²) in [5.41, 5.74) is 2.03. The highest BCUT2D eigenvalue weighted by Gasteiger charge is 2.53. The maximum atomic E-state index is 13.3. The van der Waals surface area contributed by atoms with Crippen molar-refractivity contribution >= 4 is 11.8 Å². The standard InChI is InChI=1S/C23H25NO2/c25-21-17-23(19-11-5-2-6-12-19)15-8-7-13-20(23)22(26)24(21)16-14-18-9-3-1-4-10-18/h1-6,9-12,20H,7-8,13-17H2. The maximum absolute atomic E-state index is 13.3. The van der Waals surface area contributed by atoms with Gasteiger partial charge in [-0.1, -0.05) is 73.5 Å². The summed E-state index contributed by atoms with van der Waals surface area (Å²) in [5.74, 6) is -0.0270. The highest BCUT2D eigenvalue weighted by Crippen LogP contribution is 2.49. The van der Waals surface area contributed by atoms with Crippen molar-refractivity contribution < 1.29 is 9.59 Å². The van der Waals surface area contributed by atoms with E-state index >= 15 is 0 Å². The number of benzene rings is 2. The molecule has 0 spiro atoms. The predicted octanol–water partition coefficient (Wildman–Crippen LogP) is 4.12. The van der Waals surface area contributed by atoms with Crippen molar-refractivity contribution in [1.82, 2.24) is 4.90 Å². The van der Waals surface area contributed by atoms with Gasteiger partial charge in [0.25, 0.3) is 0 Å². The van der Waals surface area contributed by atoms with Crippen molar-refractivity contribution in [2.75, 3.05) is 6.54 Å². The van der Waals surface area contributed by atoms with E-state index in [4.69, 9.17) is 0 Å². The number of piperidine rings is 1. The Bertz CT molecular complexity index is 786. The van der Waals surface area contributed by atoms with E-state index in [-0.39, 0.29) is 23.1 Å². The molecule has 0 radical (unpaired) electrons. The maximum Gasteiger partial charge on any atom is 0.233 e. The van der Waals surface area contributed by atoms with E-state index in [0.29, 0.717) is 13.0 Å². The van der Waals surface area contributed by atoms with E-state index < -0.39 is 0 Å². The van der Waals surface area contributed by atoms with Crippen LogP contribution in [0.15, 0.2) is 60.7 Å². The van der Waals surface area contributed by atoms with Gasteiger partial charge in [-0.2, -0.15) is 0 Å². The van der Waals surface area contributed by atoms with Crippen molar-refractivity contribution in [1.29, 1.82) is 0 Å². The molecular formula is C23H25NO2. The third-order valence-corrected chi connectivity index (χ3v) is 6.18. The first-order chi connectivity index (χ1) is 12.7. The van der Waals surface area contributed by atoms with Gasteiger partial charge in [0.15, 0.2) is 0 Å². The van der Waals surface area contributed by atoms with Crippen molar-refractivity contribution in [3.8, 4) is 0 Å². The van der Waals surface area contributed by atoms with Crippen LogP contribution in [0.25, 0.3) is 0 Å². The van der Waals surface area contributed by atoms with Gasteiger partial charge in [0, 0.05) is 24.3 Å². The number of imide groups is 1. The van der Waals surface area contributed by atoms with Gasteiger partial charge in [-0.25, -0.2) is 0 Å². The lowest BCUT2D eigenvalue weighted by Crippen LogP contribution is -2.57. The van der Waals surface area contributed by atoms with E-state index in [1.54, 1.807) is 0 Å². The largest absolute Gasteiger partial charge is 0.282 e. The molecule has 3 nitrogen and oxygen atoms in total. The number of rotatable bonds is 4. The Balaban J connectivity index is 1.59. The van der Waals surface area contributed by atoms with Gasteiger partial charge in [-0.3, -0.25) is 14.5 Å². The SMILES string of the molecule is O=C1CC2(c3ccccc3)CCCCC2C(=O)N1CCc1ccccc1. The van der Waals surface area contributed by atoms with Crippen LogP contribution in [0.2, 0.25) is 0 Å². The second-order valence-electron chi connectivity index (χ2n) is 7.62. The first-order valence-electron chi connectivity index (χ1n) is 9.64. The zero-order chi connectivity index (χ0) is 18.0. The monoisotopic (exact) mass is 347 g/mol. The van der Waals surface area contributed by atoms with E-state index in [2.05, 4.69) is 12.1 Å². The lowest BCUT2D eigenvalue weighted by Gasteiger charge is -2.49. The highest BCUT2D eigenvalue weighted by molar-refractivity contribution is 6.01. The minimum absolute atomic E-state index is 0.00654. The molecule has 134 valence electrons. The summed E-state index contributed by atoms with van der Waals surface area (Å²) in [4.78, 5) is 27.8. The summed E-state index contributed by atoms with van der Waals surface area (Å²) in [6, 6.07) is 20.3. The Morgan fingerprint density at radius 2 is 1.62 bits per heavy atom. The molecule has 2 aromatic rings. The number of nitrogens with zero attached hydrogens (tertiary/aromatic N) is 1. The van der Waals surface area contributed by atoms with Gasteiger partial charge >= 0.3 is 0 Å². The predicted molar refractivity (Wildman–Crippen MR) is 102 cm³/mol. The number of hydrogen-bond acceptors (Lipinski definition) is 2. The Hall–Kier alpha value is -2.42. The molecule has 3 heteroatoms. The minimum Gasteiger partial charge on any atom is -0.282 e. The molecular weight excluding hydrogens is 322 g/mol. The zero-order valence-electron chi connectivity index (χ0n) is 15.1. The topological polar surface area (TPSA) is 37.4 Å². The van der Waals surface area contributed by atoms with Crippen LogP contribution in [0.5, 0.6) is 0 Å². The molecule has 0 N–H and O–H groups in total. The van der Waals surface area contributed by atoms with Gasteiger partial charge in [0.2, 0.25) is 11.8 Å². The number of carbonyl (C=O) groups excluding carboxylic acids is 2. The van der Waals surface area contributed by atoms with Crippen LogP contribution in [-0.4, -0.2) is 23.3 Å². The van der Waals surface area contributed by atoms with Crippen LogP contribution in [-0.2, 0) is 21.4 Å². The van der Waals surface area contributed by atoms with Gasteiger partial charge in [-0.15, -0.1) is 0 Å². The third kappa shape index (κ3) is 2.96. The van der Waals surface area contributed by atoms with E-state index in [0.717, 1.165) is 43.2 Å². The molecule has 2 aromatic carbocycles. The first-order valence-corrected chi connectivity index (χ1v) is 9.64. The summed E-state index contributed by atoms with van der Waals surface area (Å²) in [5, 5.41) is 0. The van der Waals surface area contributed by atoms with Crippen LogP contribution >= 0.6 is 0 Å². The van der Waals surface area contributed by atoms with E-state index in [9.17, 15) is 9.59 Å². The average Bonchev–Trinajstić information content (AvgIpc) is 2.69. The molecule has 2 fully saturated rings. The Kier molecular flexibility index (Phi) is 4.62.